The van der Waals surface area contributed by atoms with Crippen LogP contribution < -0.4 is 5.32 Å². The summed E-state index contributed by atoms with van der Waals surface area (Å²) in [7, 11) is 0. The third kappa shape index (κ3) is 4.53. The van der Waals surface area contributed by atoms with Gasteiger partial charge in [0.2, 0.25) is 0 Å². The first-order chi connectivity index (χ1) is 9.90. The Bertz CT molecular complexity index is 586. The van der Waals surface area contributed by atoms with Gasteiger partial charge in [0.05, 0.1) is 10.7 Å². The third-order valence-corrected chi connectivity index (χ3v) is 4.93. The number of nitrogens with one attached hydrogen (secondary N) is 1. The normalized spacial score (nSPS) is 13.4. The maximum atomic E-state index is 6.08. The Hall–Kier alpha value is -0.900. The molecule has 1 aromatic heterocycles. The van der Waals surface area contributed by atoms with Crippen LogP contribution in [0.4, 0.5) is 0 Å². The summed E-state index contributed by atoms with van der Waals surface area (Å²) in [4.78, 5) is 4.73. The van der Waals surface area contributed by atoms with Crippen molar-refractivity contribution in [1.29, 1.82) is 0 Å². The summed E-state index contributed by atoms with van der Waals surface area (Å²) in [6.07, 6.45) is 1.02. The SMILES string of the molecule is CCC(NCc1csc(C(C)(C)C)n1)c1cccc(Cl)c1. The highest BCUT2D eigenvalue weighted by Crippen LogP contribution is 2.26. The Morgan fingerprint density at radius 2 is 2.10 bits per heavy atom. The average Bonchev–Trinajstić information content (AvgIpc) is 2.88. The van der Waals surface area contributed by atoms with Gasteiger partial charge in [0.1, 0.15) is 0 Å². The summed E-state index contributed by atoms with van der Waals surface area (Å²) < 4.78 is 0. The number of rotatable bonds is 5. The fourth-order valence-corrected chi connectivity index (χ4v) is 3.29. The fourth-order valence-electron chi connectivity index (χ4n) is 2.18. The lowest BCUT2D eigenvalue weighted by Crippen LogP contribution is -2.20. The Balaban J connectivity index is 2.02. The summed E-state index contributed by atoms with van der Waals surface area (Å²) in [5, 5.41) is 7.71. The van der Waals surface area contributed by atoms with Crippen LogP contribution in [0.1, 0.15) is 56.4 Å². The van der Waals surface area contributed by atoms with E-state index in [4.69, 9.17) is 16.6 Å². The van der Waals surface area contributed by atoms with Crippen LogP contribution in [-0.2, 0) is 12.0 Å². The molecule has 114 valence electrons. The Morgan fingerprint density at radius 1 is 1.33 bits per heavy atom. The van der Waals surface area contributed by atoms with Crippen molar-refractivity contribution < 1.29 is 0 Å². The monoisotopic (exact) mass is 322 g/mol. The van der Waals surface area contributed by atoms with Gasteiger partial charge in [-0.25, -0.2) is 4.98 Å². The molecule has 0 saturated carbocycles. The van der Waals surface area contributed by atoms with E-state index in [1.165, 1.54) is 10.6 Å². The van der Waals surface area contributed by atoms with Gasteiger partial charge < -0.3 is 5.32 Å². The molecule has 0 radical (unpaired) electrons. The van der Waals surface area contributed by atoms with E-state index in [1.807, 2.05) is 18.2 Å². The van der Waals surface area contributed by atoms with Crippen LogP contribution in [0.15, 0.2) is 29.6 Å². The standard InChI is InChI=1S/C17H23ClN2S/c1-5-15(12-7-6-8-13(18)9-12)19-10-14-11-21-16(20-14)17(2,3)4/h6-9,11,15,19H,5,10H2,1-4H3. The molecule has 0 bridgehead atoms. The predicted octanol–water partition coefficient (Wildman–Crippen LogP) is 5.33. The molecule has 2 nitrogen and oxygen atoms in total. The van der Waals surface area contributed by atoms with Crippen molar-refractivity contribution in [2.24, 2.45) is 0 Å². The van der Waals surface area contributed by atoms with Crippen LogP contribution in [-0.4, -0.2) is 4.98 Å². The van der Waals surface area contributed by atoms with E-state index < -0.39 is 0 Å². The van der Waals surface area contributed by atoms with Crippen molar-refractivity contribution in [3.8, 4) is 0 Å². The summed E-state index contributed by atoms with van der Waals surface area (Å²) in [5.41, 5.74) is 2.47. The predicted molar refractivity (Wildman–Crippen MR) is 92.1 cm³/mol. The Labute approximate surface area is 136 Å². The van der Waals surface area contributed by atoms with E-state index in [-0.39, 0.29) is 5.41 Å². The molecule has 0 amide bonds. The summed E-state index contributed by atoms with van der Waals surface area (Å²) >= 11 is 7.82. The summed E-state index contributed by atoms with van der Waals surface area (Å²) in [6.45, 7) is 9.56. The number of halogens is 1. The lowest BCUT2D eigenvalue weighted by Gasteiger charge is -2.17. The minimum absolute atomic E-state index is 0.125. The maximum absolute atomic E-state index is 6.08. The largest absolute Gasteiger partial charge is 0.304 e. The molecule has 1 N–H and O–H groups in total. The van der Waals surface area contributed by atoms with Gasteiger partial charge in [-0.05, 0) is 24.1 Å². The first-order valence-electron chi connectivity index (χ1n) is 7.34. The van der Waals surface area contributed by atoms with Gasteiger partial charge in [-0.15, -0.1) is 11.3 Å². The van der Waals surface area contributed by atoms with Crippen LogP contribution in [0.25, 0.3) is 0 Å². The van der Waals surface area contributed by atoms with Crippen molar-refractivity contribution in [2.45, 2.75) is 52.1 Å². The number of benzene rings is 1. The lowest BCUT2D eigenvalue weighted by atomic mass is 9.98. The van der Waals surface area contributed by atoms with Gasteiger partial charge in [-0.2, -0.15) is 0 Å². The molecule has 2 rings (SSSR count). The average molecular weight is 323 g/mol. The number of hydrogen-bond donors (Lipinski definition) is 1. The second kappa shape index (κ2) is 6.91. The van der Waals surface area contributed by atoms with Crippen molar-refractivity contribution in [2.75, 3.05) is 0 Å². The molecule has 1 unspecified atom stereocenters. The lowest BCUT2D eigenvalue weighted by molar-refractivity contribution is 0.512. The minimum Gasteiger partial charge on any atom is -0.304 e. The number of aromatic nitrogens is 1. The first-order valence-corrected chi connectivity index (χ1v) is 8.59. The van der Waals surface area contributed by atoms with Gasteiger partial charge in [0.25, 0.3) is 0 Å². The van der Waals surface area contributed by atoms with E-state index in [0.29, 0.717) is 6.04 Å². The molecule has 1 aromatic carbocycles. The second-order valence-corrected chi connectivity index (χ2v) is 7.59. The maximum Gasteiger partial charge on any atom is 0.0982 e. The van der Waals surface area contributed by atoms with E-state index >= 15 is 0 Å². The molecule has 2 aromatic rings. The molecule has 0 fully saturated rings. The molecule has 0 aliphatic carbocycles. The number of nitrogens with zero attached hydrogens (tertiary/aromatic N) is 1. The zero-order chi connectivity index (χ0) is 15.5. The van der Waals surface area contributed by atoms with Gasteiger partial charge in [-0.3, -0.25) is 0 Å². The smallest absolute Gasteiger partial charge is 0.0982 e. The van der Waals surface area contributed by atoms with E-state index in [9.17, 15) is 0 Å². The fraction of sp³-hybridized carbons (Fsp3) is 0.471. The van der Waals surface area contributed by atoms with E-state index in [1.54, 1.807) is 11.3 Å². The second-order valence-electron chi connectivity index (χ2n) is 6.29. The molecular weight excluding hydrogens is 300 g/mol. The van der Waals surface area contributed by atoms with Crippen LogP contribution >= 0.6 is 22.9 Å². The molecule has 21 heavy (non-hydrogen) atoms. The highest BCUT2D eigenvalue weighted by molar-refractivity contribution is 7.09. The zero-order valence-corrected chi connectivity index (χ0v) is 14.7. The Kier molecular flexibility index (Phi) is 5.42. The van der Waals surface area contributed by atoms with Crippen molar-refractivity contribution >= 4 is 22.9 Å². The molecule has 0 spiro atoms. The van der Waals surface area contributed by atoms with Gasteiger partial charge in [0.15, 0.2) is 0 Å². The molecule has 0 saturated heterocycles. The van der Waals surface area contributed by atoms with Gasteiger partial charge >= 0.3 is 0 Å². The van der Waals surface area contributed by atoms with Crippen LogP contribution in [0.3, 0.4) is 0 Å². The van der Waals surface area contributed by atoms with Crippen molar-refractivity contribution in [1.82, 2.24) is 10.3 Å². The highest BCUT2D eigenvalue weighted by Gasteiger charge is 2.18. The molecule has 1 atom stereocenters. The number of thiazole rings is 1. The summed E-state index contributed by atoms with van der Waals surface area (Å²) in [5.74, 6) is 0. The third-order valence-electron chi connectivity index (χ3n) is 3.38. The van der Waals surface area contributed by atoms with Gasteiger partial charge in [0, 0.05) is 28.4 Å². The van der Waals surface area contributed by atoms with Crippen LogP contribution in [0.2, 0.25) is 5.02 Å². The first kappa shape index (κ1) is 16.5. The molecule has 0 aliphatic heterocycles. The van der Waals surface area contributed by atoms with Gasteiger partial charge in [-0.1, -0.05) is 51.4 Å². The molecular formula is C17H23ClN2S. The molecule has 4 heteroatoms. The quantitative estimate of drug-likeness (QED) is 0.804. The van der Waals surface area contributed by atoms with Crippen LogP contribution in [0, 0.1) is 0 Å². The Morgan fingerprint density at radius 3 is 2.67 bits per heavy atom. The molecule has 0 aliphatic rings. The van der Waals surface area contributed by atoms with Crippen molar-refractivity contribution in [3.05, 3.63) is 50.9 Å². The van der Waals surface area contributed by atoms with E-state index in [2.05, 4.69) is 44.5 Å². The van der Waals surface area contributed by atoms with Crippen LogP contribution in [0.5, 0.6) is 0 Å². The highest BCUT2D eigenvalue weighted by atomic mass is 35.5. The molecule has 1 heterocycles. The zero-order valence-electron chi connectivity index (χ0n) is 13.1. The number of hydrogen-bond acceptors (Lipinski definition) is 3. The van der Waals surface area contributed by atoms with Crippen molar-refractivity contribution in [3.63, 3.8) is 0 Å². The minimum atomic E-state index is 0.125. The topological polar surface area (TPSA) is 24.9 Å². The summed E-state index contributed by atoms with van der Waals surface area (Å²) in [6, 6.07) is 8.37. The van der Waals surface area contributed by atoms with E-state index in [0.717, 1.165) is 23.7 Å².